The van der Waals surface area contributed by atoms with Crippen molar-refractivity contribution in [3.63, 3.8) is 0 Å². The van der Waals surface area contributed by atoms with Gasteiger partial charge in [-0.15, -0.1) is 0 Å². The number of halogens is 1. The van der Waals surface area contributed by atoms with Crippen molar-refractivity contribution in [2.45, 2.75) is 46.5 Å². The zero-order chi connectivity index (χ0) is 13.3. The third kappa shape index (κ3) is 2.85. The third-order valence-electron chi connectivity index (χ3n) is 3.71. The number of hydrogen-bond acceptors (Lipinski definition) is 2. The van der Waals surface area contributed by atoms with Gasteiger partial charge >= 0.3 is 5.97 Å². The molecule has 1 aliphatic rings. The highest BCUT2D eigenvalue weighted by atomic mass is 19.1. The molecule has 0 saturated heterocycles. The Morgan fingerprint density at radius 3 is 2.06 bits per heavy atom. The van der Waals surface area contributed by atoms with Crippen molar-refractivity contribution in [1.29, 1.82) is 0 Å². The van der Waals surface area contributed by atoms with Gasteiger partial charge in [0.2, 0.25) is 0 Å². The lowest BCUT2D eigenvalue weighted by Crippen LogP contribution is -2.44. The molecule has 0 spiro atoms. The van der Waals surface area contributed by atoms with Gasteiger partial charge in [0.25, 0.3) is 0 Å². The monoisotopic (exact) mass is 244 g/mol. The fourth-order valence-corrected chi connectivity index (χ4v) is 2.63. The molecular weight excluding hydrogens is 223 g/mol. The van der Waals surface area contributed by atoms with Crippen LogP contribution in [-0.2, 0) is 9.59 Å². The van der Waals surface area contributed by atoms with Crippen LogP contribution in [0.3, 0.4) is 0 Å². The van der Waals surface area contributed by atoms with Crippen LogP contribution in [0.1, 0.15) is 46.5 Å². The zero-order valence-corrected chi connectivity index (χ0v) is 10.8. The van der Waals surface area contributed by atoms with E-state index >= 15 is 0 Å². The van der Waals surface area contributed by atoms with Gasteiger partial charge in [0.1, 0.15) is 12.5 Å². The summed E-state index contributed by atoms with van der Waals surface area (Å²) in [6.07, 6.45) is 1.52. The Morgan fingerprint density at radius 1 is 1.29 bits per heavy atom. The Balaban J connectivity index is 2.81. The van der Waals surface area contributed by atoms with Gasteiger partial charge in [-0.2, -0.15) is 0 Å². The maximum atomic E-state index is 13.3. The topological polar surface area (TPSA) is 54.4 Å². The molecule has 3 nitrogen and oxygen atoms in total. The van der Waals surface area contributed by atoms with Crippen LogP contribution in [-0.4, -0.2) is 23.5 Å². The average Bonchev–Trinajstić information content (AvgIpc) is 2.26. The lowest BCUT2D eigenvalue weighted by atomic mass is 9.63. The average molecular weight is 244 g/mol. The van der Waals surface area contributed by atoms with Crippen LogP contribution < -0.4 is 0 Å². The predicted octanol–water partition coefficient (Wildman–Crippen LogP) is 2.83. The van der Waals surface area contributed by atoms with Crippen molar-refractivity contribution in [3.8, 4) is 0 Å². The maximum absolute atomic E-state index is 13.3. The van der Waals surface area contributed by atoms with Crippen LogP contribution >= 0.6 is 0 Å². The summed E-state index contributed by atoms with van der Waals surface area (Å²) in [6, 6.07) is 0. The molecule has 1 rings (SSSR count). The molecule has 0 aromatic carbocycles. The number of carbonyl (C=O) groups is 2. The molecule has 0 amide bonds. The first kappa shape index (κ1) is 14.1. The van der Waals surface area contributed by atoms with Crippen LogP contribution in [0.4, 0.5) is 4.39 Å². The number of hydrogen-bond donors (Lipinski definition) is 1. The van der Waals surface area contributed by atoms with Crippen molar-refractivity contribution in [3.05, 3.63) is 0 Å². The van der Waals surface area contributed by atoms with E-state index in [4.69, 9.17) is 5.11 Å². The van der Waals surface area contributed by atoms with Gasteiger partial charge in [-0.05, 0) is 25.7 Å². The summed E-state index contributed by atoms with van der Waals surface area (Å²) >= 11 is 0. The summed E-state index contributed by atoms with van der Waals surface area (Å²) in [4.78, 5) is 23.1. The summed E-state index contributed by atoms with van der Waals surface area (Å²) in [6.45, 7) is 4.69. The highest BCUT2D eigenvalue weighted by Gasteiger charge is 2.46. The smallest absolute Gasteiger partial charge is 0.306 e. The number of rotatable bonds is 3. The Morgan fingerprint density at radius 2 is 1.76 bits per heavy atom. The van der Waals surface area contributed by atoms with Crippen LogP contribution in [0, 0.1) is 16.7 Å². The van der Waals surface area contributed by atoms with Gasteiger partial charge in [0.15, 0.2) is 0 Å². The lowest BCUT2D eigenvalue weighted by Gasteiger charge is -2.39. The molecule has 0 unspecified atom stereocenters. The van der Waals surface area contributed by atoms with Crippen LogP contribution in [0.2, 0.25) is 0 Å². The minimum atomic E-state index is -0.940. The Bertz CT molecular complexity index is 309. The molecule has 1 fully saturated rings. The number of carboxylic acids is 1. The summed E-state index contributed by atoms with van der Waals surface area (Å²) < 4.78 is 13.3. The predicted molar refractivity (Wildman–Crippen MR) is 62.5 cm³/mol. The van der Waals surface area contributed by atoms with E-state index in [1.807, 2.05) is 0 Å². The van der Waals surface area contributed by atoms with Gasteiger partial charge in [0.05, 0.1) is 11.3 Å². The van der Waals surface area contributed by atoms with Gasteiger partial charge < -0.3 is 5.11 Å². The van der Waals surface area contributed by atoms with Crippen LogP contribution in [0.25, 0.3) is 0 Å². The van der Waals surface area contributed by atoms with E-state index < -0.39 is 29.4 Å². The molecule has 0 bridgehead atoms. The minimum Gasteiger partial charge on any atom is -0.481 e. The second kappa shape index (κ2) is 4.75. The summed E-state index contributed by atoms with van der Waals surface area (Å²) in [7, 11) is 0. The third-order valence-corrected chi connectivity index (χ3v) is 3.71. The van der Waals surface area contributed by atoms with Crippen molar-refractivity contribution in [2.75, 3.05) is 6.67 Å². The summed E-state index contributed by atoms with van der Waals surface area (Å²) in [5.74, 6) is -1.32. The van der Waals surface area contributed by atoms with Gasteiger partial charge in [0, 0.05) is 5.41 Å². The SMILES string of the molecule is CC(C)(C)C(=O)[C@]1(CF)CC[C@H](C(=O)O)CC1. The van der Waals surface area contributed by atoms with E-state index in [1.165, 1.54) is 0 Å². The van der Waals surface area contributed by atoms with E-state index in [2.05, 4.69) is 0 Å². The molecule has 4 heteroatoms. The molecule has 17 heavy (non-hydrogen) atoms. The van der Waals surface area contributed by atoms with E-state index in [9.17, 15) is 14.0 Å². The fourth-order valence-electron chi connectivity index (χ4n) is 2.63. The number of aliphatic carboxylic acids is 1. The quantitative estimate of drug-likeness (QED) is 0.830. The second-order valence-corrected chi connectivity index (χ2v) is 6.11. The lowest BCUT2D eigenvalue weighted by molar-refractivity contribution is -0.148. The first-order chi connectivity index (χ1) is 7.73. The second-order valence-electron chi connectivity index (χ2n) is 6.11. The highest BCUT2D eigenvalue weighted by molar-refractivity contribution is 5.89. The summed E-state index contributed by atoms with van der Waals surface area (Å²) in [5, 5.41) is 8.90. The first-order valence-electron chi connectivity index (χ1n) is 6.06. The van der Waals surface area contributed by atoms with Crippen molar-refractivity contribution >= 4 is 11.8 Å². The molecule has 0 heterocycles. The van der Waals surface area contributed by atoms with Crippen molar-refractivity contribution < 1.29 is 19.1 Å². The van der Waals surface area contributed by atoms with Gasteiger partial charge in [-0.1, -0.05) is 20.8 Å². The van der Waals surface area contributed by atoms with E-state index in [-0.39, 0.29) is 5.78 Å². The van der Waals surface area contributed by atoms with E-state index in [1.54, 1.807) is 20.8 Å². The standard InChI is InChI=1S/C13H21FO3/c1-12(2,3)11(17)13(8-14)6-4-9(5-7-13)10(15)16/h9H,4-8H2,1-3H3,(H,15,16)/t9-,13+. The Labute approximate surface area is 101 Å². The molecule has 0 aliphatic heterocycles. The Hall–Kier alpha value is -0.930. The normalized spacial score (nSPS) is 30.0. The molecular formula is C13H21FO3. The molecule has 0 radical (unpaired) electrons. The molecule has 0 aromatic rings. The van der Waals surface area contributed by atoms with Crippen molar-refractivity contribution in [2.24, 2.45) is 16.7 Å². The maximum Gasteiger partial charge on any atom is 0.306 e. The van der Waals surface area contributed by atoms with Crippen LogP contribution in [0.5, 0.6) is 0 Å². The van der Waals surface area contributed by atoms with E-state index in [0.29, 0.717) is 25.7 Å². The van der Waals surface area contributed by atoms with Gasteiger partial charge in [-0.25, -0.2) is 0 Å². The molecule has 1 saturated carbocycles. The molecule has 98 valence electrons. The number of carboxylic acid groups (broad SMARTS) is 1. The molecule has 0 atom stereocenters. The first-order valence-corrected chi connectivity index (χ1v) is 6.06. The number of Topliss-reactive ketones (excluding diaryl/α,β-unsaturated/α-hetero) is 1. The van der Waals surface area contributed by atoms with E-state index in [0.717, 1.165) is 0 Å². The number of carbonyl (C=O) groups excluding carboxylic acids is 1. The van der Waals surface area contributed by atoms with Crippen molar-refractivity contribution in [1.82, 2.24) is 0 Å². The largest absolute Gasteiger partial charge is 0.481 e. The summed E-state index contributed by atoms with van der Waals surface area (Å²) in [5.41, 5.74) is -1.51. The minimum absolute atomic E-state index is 0.0728. The number of alkyl halides is 1. The highest BCUT2D eigenvalue weighted by Crippen LogP contribution is 2.44. The fraction of sp³-hybridized carbons (Fsp3) is 0.846. The number of ketones is 1. The zero-order valence-electron chi connectivity index (χ0n) is 10.8. The molecule has 1 N–H and O–H groups in total. The van der Waals surface area contributed by atoms with Gasteiger partial charge in [-0.3, -0.25) is 14.0 Å². The Kier molecular flexibility index (Phi) is 3.95. The molecule has 0 aromatic heterocycles. The van der Waals surface area contributed by atoms with Crippen LogP contribution in [0.15, 0.2) is 0 Å². The molecule has 1 aliphatic carbocycles.